The summed E-state index contributed by atoms with van der Waals surface area (Å²) in [6.45, 7) is 0. The van der Waals surface area contributed by atoms with Crippen molar-refractivity contribution in [3.63, 3.8) is 0 Å². The molecule has 80 valence electrons. The van der Waals surface area contributed by atoms with Crippen LogP contribution in [0, 0.1) is 0 Å². The molecule has 2 rings (SSSR count). The lowest BCUT2D eigenvalue weighted by atomic mass is 10.2. The van der Waals surface area contributed by atoms with E-state index < -0.39 is 0 Å². The van der Waals surface area contributed by atoms with E-state index in [0.29, 0.717) is 0 Å². The third kappa shape index (κ3) is 1.65. The predicted molar refractivity (Wildman–Crippen MR) is 66.2 cm³/mol. The van der Waals surface area contributed by atoms with Crippen LogP contribution in [0.15, 0.2) is 23.2 Å². The fourth-order valence-electron chi connectivity index (χ4n) is 1.64. The van der Waals surface area contributed by atoms with Gasteiger partial charge in [0.15, 0.2) is 0 Å². The Bertz CT molecular complexity index is 531. The molecule has 0 aliphatic rings. The number of ether oxygens (including phenoxy) is 1. The summed E-state index contributed by atoms with van der Waals surface area (Å²) in [5, 5.41) is 5.36. The van der Waals surface area contributed by atoms with Gasteiger partial charge in [0.2, 0.25) is 0 Å². The summed E-state index contributed by atoms with van der Waals surface area (Å²) in [5.74, 6) is 4.96. The Hall–Kier alpha value is -1.29. The first-order chi connectivity index (χ1) is 7.13. The normalized spacial score (nSPS) is 13.0. The molecule has 0 radical (unpaired) electrons. The molecule has 0 amide bonds. The zero-order valence-corrected chi connectivity index (χ0v) is 9.97. The molecule has 1 heterocycles. The summed E-state index contributed by atoms with van der Waals surface area (Å²) in [6, 6.07) is 4.04. The second-order valence-electron chi connectivity index (χ2n) is 3.47. The Morgan fingerprint density at radius 2 is 2.20 bits per heavy atom. The minimum Gasteiger partial charge on any atom is -0.497 e. The van der Waals surface area contributed by atoms with Crippen molar-refractivity contribution >= 4 is 27.3 Å². The van der Waals surface area contributed by atoms with E-state index in [1.165, 1.54) is 4.90 Å². The van der Waals surface area contributed by atoms with E-state index in [1.807, 2.05) is 30.1 Å². The molecule has 0 N–H and O–H groups in total. The first-order valence-electron chi connectivity index (χ1n) is 4.59. The molecule has 0 bridgehead atoms. The van der Waals surface area contributed by atoms with E-state index >= 15 is 0 Å². The zero-order valence-electron chi connectivity index (χ0n) is 9.15. The van der Waals surface area contributed by atoms with Crippen LogP contribution in [0.25, 0.3) is 10.9 Å². The van der Waals surface area contributed by atoms with E-state index in [1.54, 1.807) is 7.11 Å². The molecule has 0 aliphatic heterocycles. The molecule has 0 spiro atoms. The molecule has 1 atom stereocenters. The highest BCUT2D eigenvalue weighted by Crippen LogP contribution is 2.33. The average molecular weight is 222 g/mol. The molecular weight excluding hydrogens is 208 g/mol. The van der Waals surface area contributed by atoms with Gasteiger partial charge in [0, 0.05) is 17.3 Å². The fraction of sp³-hybridized carbons (Fsp3) is 0.273. The minimum absolute atomic E-state index is 0.0449. The van der Waals surface area contributed by atoms with Gasteiger partial charge in [-0.1, -0.05) is 5.87 Å². The van der Waals surface area contributed by atoms with Gasteiger partial charge < -0.3 is 4.74 Å². The third-order valence-corrected chi connectivity index (χ3v) is 3.44. The number of rotatable bonds is 2. The van der Waals surface area contributed by atoms with Crippen LogP contribution >= 0.6 is 10.5 Å². The molecule has 15 heavy (non-hydrogen) atoms. The van der Waals surface area contributed by atoms with Crippen LogP contribution in [0.4, 0.5) is 0 Å². The van der Waals surface area contributed by atoms with Crippen molar-refractivity contribution < 1.29 is 4.74 Å². The quantitative estimate of drug-likeness (QED) is 0.729. The van der Waals surface area contributed by atoms with Gasteiger partial charge >= 0.3 is 0 Å². The first-order valence-corrected chi connectivity index (χ1v) is 6.39. The molecule has 4 heteroatoms. The number of methoxy groups -OCH3 is 1. The van der Waals surface area contributed by atoms with Gasteiger partial charge in [-0.05, 0) is 18.4 Å². The maximum absolute atomic E-state index is 5.26. The van der Waals surface area contributed by atoms with Crippen molar-refractivity contribution in [3.05, 3.63) is 18.3 Å². The van der Waals surface area contributed by atoms with Gasteiger partial charge in [0.25, 0.3) is 0 Å². The number of aromatic nitrogens is 2. The SMILES string of the molecule is C=S(C)c1cc(OC)cc2cnn(C)c12. The van der Waals surface area contributed by atoms with Crippen LogP contribution < -0.4 is 4.74 Å². The zero-order chi connectivity index (χ0) is 11.0. The molecule has 0 saturated carbocycles. The summed E-state index contributed by atoms with van der Waals surface area (Å²) in [6.07, 6.45) is 3.95. The maximum atomic E-state index is 5.26. The molecule has 0 aliphatic carbocycles. The molecule has 2 aromatic rings. The summed E-state index contributed by atoms with van der Waals surface area (Å²) >= 11 is 0. The number of nitrogens with zero attached hydrogens (tertiary/aromatic N) is 2. The van der Waals surface area contributed by atoms with Crippen molar-refractivity contribution in [1.29, 1.82) is 0 Å². The van der Waals surface area contributed by atoms with Crippen molar-refractivity contribution in [2.45, 2.75) is 4.90 Å². The first kappa shape index (κ1) is 10.2. The van der Waals surface area contributed by atoms with Crippen LogP contribution in [-0.2, 0) is 7.05 Å². The molecule has 1 aromatic carbocycles. The summed E-state index contributed by atoms with van der Waals surface area (Å²) in [5.41, 5.74) is 1.15. The molecule has 1 unspecified atom stereocenters. The number of benzene rings is 1. The monoisotopic (exact) mass is 222 g/mol. The van der Waals surface area contributed by atoms with Gasteiger partial charge in [0.1, 0.15) is 5.75 Å². The van der Waals surface area contributed by atoms with Crippen LogP contribution in [0.3, 0.4) is 0 Å². The number of aryl methyl sites for hydroxylation is 1. The highest BCUT2D eigenvalue weighted by atomic mass is 32.2. The van der Waals surface area contributed by atoms with Gasteiger partial charge in [-0.3, -0.25) is 4.68 Å². The Balaban J connectivity index is 2.83. The van der Waals surface area contributed by atoms with Crippen LogP contribution in [0.2, 0.25) is 0 Å². The highest BCUT2D eigenvalue weighted by molar-refractivity contribution is 8.13. The number of fused-ring (bicyclic) bond motifs is 1. The highest BCUT2D eigenvalue weighted by Gasteiger charge is 2.08. The van der Waals surface area contributed by atoms with Gasteiger partial charge in [0.05, 0.1) is 18.8 Å². The van der Waals surface area contributed by atoms with Crippen molar-refractivity contribution in [2.24, 2.45) is 7.05 Å². The summed E-state index contributed by atoms with van der Waals surface area (Å²) in [4.78, 5) is 1.20. The van der Waals surface area contributed by atoms with E-state index in [2.05, 4.69) is 17.2 Å². The van der Waals surface area contributed by atoms with Crippen molar-refractivity contribution in [2.75, 3.05) is 13.4 Å². The summed E-state index contributed by atoms with van der Waals surface area (Å²) in [7, 11) is 3.58. The lowest BCUT2D eigenvalue weighted by Crippen LogP contribution is -1.92. The largest absolute Gasteiger partial charge is 0.497 e. The molecule has 1 aromatic heterocycles. The second kappa shape index (κ2) is 3.70. The third-order valence-electron chi connectivity index (χ3n) is 2.38. The lowest BCUT2D eigenvalue weighted by molar-refractivity contribution is 0.414. The van der Waals surface area contributed by atoms with Gasteiger partial charge in [-0.2, -0.15) is 15.6 Å². The molecular formula is C11H14N2OS. The standard InChI is InChI=1S/C11H14N2OS/c1-13-11-8(7-12-13)5-9(14-2)6-10(11)15(3)4/h5-7H,3H2,1-2,4H3. The van der Waals surface area contributed by atoms with Crippen LogP contribution in [0.5, 0.6) is 5.75 Å². The Morgan fingerprint density at radius 1 is 1.47 bits per heavy atom. The Labute approximate surface area is 91.6 Å². The van der Waals surface area contributed by atoms with E-state index in [0.717, 1.165) is 16.7 Å². The van der Waals surface area contributed by atoms with Gasteiger partial charge in [-0.25, -0.2) is 0 Å². The molecule has 0 fully saturated rings. The van der Waals surface area contributed by atoms with Gasteiger partial charge in [-0.15, -0.1) is 0 Å². The van der Waals surface area contributed by atoms with E-state index in [4.69, 9.17) is 4.74 Å². The Kier molecular flexibility index (Phi) is 2.52. The number of hydrogen-bond acceptors (Lipinski definition) is 2. The van der Waals surface area contributed by atoms with E-state index in [-0.39, 0.29) is 10.5 Å². The predicted octanol–water partition coefficient (Wildman–Crippen LogP) is 2.27. The second-order valence-corrected chi connectivity index (χ2v) is 5.18. The van der Waals surface area contributed by atoms with Crippen LogP contribution in [-0.4, -0.2) is 29.0 Å². The van der Waals surface area contributed by atoms with E-state index in [9.17, 15) is 0 Å². The Morgan fingerprint density at radius 3 is 2.80 bits per heavy atom. The maximum Gasteiger partial charge on any atom is 0.120 e. The number of hydrogen-bond donors (Lipinski definition) is 0. The average Bonchev–Trinajstić information content (AvgIpc) is 2.59. The lowest BCUT2D eigenvalue weighted by Gasteiger charge is -2.08. The molecule has 0 saturated heterocycles. The smallest absolute Gasteiger partial charge is 0.120 e. The van der Waals surface area contributed by atoms with Crippen molar-refractivity contribution in [1.82, 2.24) is 9.78 Å². The fourth-order valence-corrected chi connectivity index (χ4v) is 2.54. The molecule has 3 nitrogen and oxygen atoms in total. The van der Waals surface area contributed by atoms with Crippen molar-refractivity contribution in [3.8, 4) is 5.75 Å². The van der Waals surface area contributed by atoms with Crippen LogP contribution in [0.1, 0.15) is 0 Å². The minimum atomic E-state index is -0.0449. The summed E-state index contributed by atoms with van der Waals surface area (Å²) < 4.78 is 7.15. The topological polar surface area (TPSA) is 27.1 Å².